The second kappa shape index (κ2) is 8.37. The lowest BCUT2D eigenvalue weighted by Gasteiger charge is -2.08. The first-order valence-electron chi connectivity index (χ1n) is 7.80. The Bertz CT molecular complexity index is 912. The monoisotopic (exact) mass is 432 g/mol. The molecule has 1 aromatic heterocycles. The van der Waals surface area contributed by atoms with Gasteiger partial charge in [0.15, 0.2) is 5.16 Å². The van der Waals surface area contributed by atoms with Gasteiger partial charge in [0.2, 0.25) is 5.91 Å². The van der Waals surface area contributed by atoms with E-state index in [1.54, 1.807) is 13.4 Å². The minimum Gasteiger partial charge on any atom is -0.497 e. The zero-order valence-corrected chi connectivity index (χ0v) is 16.7. The molecule has 0 saturated heterocycles. The molecule has 3 rings (SSSR count). The zero-order valence-electron chi connectivity index (χ0n) is 14.3. The van der Waals surface area contributed by atoms with Crippen LogP contribution in [0.3, 0.4) is 0 Å². The Morgan fingerprint density at radius 3 is 2.73 bits per heavy atom. The number of methoxy groups -OCH3 is 1. The van der Waals surface area contributed by atoms with Gasteiger partial charge in [-0.25, -0.2) is 0 Å². The van der Waals surface area contributed by atoms with Crippen LogP contribution in [0, 0.1) is 6.92 Å². The fourth-order valence-electron chi connectivity index (χ4n) is 2.24. The molecule has 8 heteroatoms. The SMILES string of the molecule is COc1ccc(-n2cnnc2SCC(=O)Nc2ccc(C)c(Br)c2)cc1. The molecule has 0 atom stereocenters. The third kappa shape index (κ3) is 4.44. The van der Waals surface area contributed by atoms with Gasteiger partial charge in [-0.15, -0.1) is 10.2 Å². The molecule has 0 bridgehead atoms. The highest BCUT2D eigenvalue weighted by Gasteiger charge is 2.11. The van der Waals surface area contributed by atoms with E-state index in [0.29, 0.717) is 5.16 Å². The van der Waals surface area contributed by atoms with Gasteiger partial charge in [-0.05, 0) is 48.9 Å². The van der Waals surface area contributed by atoms with Crippen molar-refractivity contribution >= 4 is 39.3 Å². The molecule has 0 saturated carbocycles. The van der Waals surface area contributed by atoms with Gasteiger partial charge in [-0.1, -0.05) is 33.8 Å². The Labute approximate surface area is 164 Å². The molecule has 1 heterocycles. The summed E-state index contributed by atoms with van der Waals surface area (Å²) in [7, 11) is 1.63. The highest BCUT2D eigenvalue weighted by Crippen LogP contribution is 2.23. The number of thioether (sulfide) groups is 1. The Balaban J connectivity index is 1.63. The first-order valence-corrected chi connectivity index (χ1v) is 9.58. The summed E-state index contributed by atoms with van der Waals surface area (Å²) in [4.78, 5) is 12.2. The van der Waals surface area contributed by atoms with E-state index in [-0.39, 0.29) is 11.7 Å². The van der Waals surface area contributed by atoms with E-state index in [9.17, 15) is 4.79 Å². The number of hydrogen-bond donors (Lipinski definition) is 1. The number of nitrogens with one attached hydrogen (secondary N) is 1. The molecule has 0 aliphatic carbocycles. The van der Waals surface area contributed by atoms with Crippen LogP contribution in [-0.4, -0.2) is 33.5 Å². The molecule has 0 fully saturated rings. The molecular formula is C18H17BrN4O2S. The predicted octanol–water partition coefficient (Wildman–Crippen LogP) is 4.08. The summed E-state index contributed by atoms with van der Waals surface area (Å²) in [6.45, 7) is 2.00. The quantitative estimate of drug-likeness (QED) is 0.594. The molecule has 2 aromatic carbocycles. The Kier molecular flexibility index (Phi) is 5.95. The van der Waals surface area contributed by atoms with Crippen LogP contribution >= 0.6 is 27.7 Å². The maximum Gasteiger partial charge on any atom is 0.234 e. The van der Waals surface area contributed by atoms with Crippen molar-refractivity contribution in [1.29, 1.82) is 0 Å². The third-order valence-electron chi connectivity index (χ3n) is 3.66. The second-order valence-electron chi connectivity index (χ2n) is 5.48. The summed E-state index contributed by atoms with van der Waals surface area (Å²) in [5.74, 6) is 0.912. The highest BCUT2D eigenvalue weighted by molar-refractivity contribution is 9.10. The Morgan fingerprint density at radius 1 is 1.27 bits per heavy atom. The van der Waals surface area contributed by atoms with Gasteiger partial charge in [0.25, 0.3) is 0 Å². The third-order valence-corrected chi connectivity index (χ3v) is 5.45. The summed E-state index contributed by atoms with van der Waals surface area (Å²) < 4.78 is 7.96. The number of ether oxygens (including phenoxy) is 1. The number of carbonyl (C=O) groups excluding carboxylic acids is 1. The molecule has 26 heavy (non-hydrogen) atoms. The van der Waals surface area contributed by atoms with Crippen LogP contribution in [0.1, 0.15) is 5.56 Å². The maximum atomic E-state index is 12.2. The van der Waals surface area contributed by atoms with Gasteiger partial charge < -0.3 is 10.1 Å². The van der Waals surface area contributed by atoms with Crippen molar-refractivity contribution in [1.82, 2.24) is 14.8 Å². The zero-order chi connectivity index (χ0) is 18.5. The van der Waals surface area contributed by atoms with Crippen LogP contribution in [-0.2, 0) is 4.79 Å². The predicted molar refractivity (Wildman–Crippen MR) is 106 cm³/mol. The van der Waals surface area contributed by atoms with Crippen LogP contribution < -0.4 is 10.1 Å². The molecule has 0 spiro atoms. The number of halogens is 1. The van der Waals surface area contributed by atoms with E-state index < -0.39 is 0 Å². The molecule has 0 radical (unpaired) electrons. The minimum atomic E-state index is -0.102. The van der Waals surface area contributed by atoms with E-state index in [4.69, 9.17) is 4.74 Å². The standard InChI is InChI=1S/C18H17BrN4O2S/c1-12-3-4-13(9-16(12)19)21-17(24)10-26-18-22-20-11-23(18)14-5-7-15(25-2)8-6-14/h3-9,11H,10H2,1-2H3,(H,21,24). The van der Waals surface area contributed by atoms with Crippen LogP contribution in [0.15, 0.2) is 58.4 Å². The van der Waals surface area contributed by atoms with Crippen molar-refractivity contribution in [3.63, 3.8) is 0 Å². The molecule has 134 valence electrons. The van der Waals surface area contributed by atoms with Crippen molar-refractivity contribution in [2.45, 2.75) is 12.1 Å². The lowest BCUT2D eigenvalue weighted by molar-refractivity contribution is -0.113. The van der Waals surface area contributed by atoms with Crippen molar-refractivity contribution < 1.29 is 9.53 Å². The lowest BCUT2D eigenvalue weighted by Crippen LogP contribution is -2.14. The minimum absolute atomic E-state index is 0.102. The smallest absolute Gasteiger partial charge is 0.234 e. The normalized spacial score (nSPS) is 10.6. The molecule has 3 aromatic rings. The van der Waals surface area contributed by atoms with Crippen molar-refractivity contribution in [2.24, 2.45) is 0 Å². The molecular weight excluding hydrogens is 416 g/mol. The van der Waals surface area contributed by atoms with Gasteiger partial charge in [-0.2, -0.15) is 0 Å². The number of amides is 1. The van der Waals surface area contributed by atoms with Crippen molar-refractivity contribution in [3.05, 3.63) is 58.8 Å². The average molecular weight is 433 g/mol. The number of aryl methyl sites for hydroxylation is 1. The summed E-state index contributed by atoms with van der Waals surface area (Å²) in [6, 6.07) is 13.3. The largest absolute Gasteiger partial charge is 0.497 e. The number of rotatable bonds is 6. The Morgan fingerprint density at radius 2 is 2.04 bits per heavy atom. The number of nitrogens with zero attached hydrogens (tertiary/aromatic N) is 3. The molecule has 1 N–H and O–H groups in total. The first-order chi connectivity index (χ1) is 12.6. The summed E-state index contributed by atoms with van der Waals surface area (Å²) in [5, 5.41) is 11.6. The van der Waals surface area contributed by atoms with Crippen molar-refractivity contribution in [2.75, 3.05) is 18.2 Å². The van der Waals surface area contributed by atoms with Gasteiger partial charge in [0.1, 0.15) is 12.1 Å². The van der Waals surface area contributed by atoms with Gasteiger partial charge in [-0.3, -0.25) is 9.36 Å². The second-order valence-corrected chi connectivity index (χ2v) is 7.28. The number of carbonyl (C=O) groups is 1. The van der Waals surface area contributed by atoms with Crippen LogP contribution in [0.4, 0.5) is 5.69 Å². The van der Waals surface area contributed by atoms with Crippen molar-refractivity contribution in [3.8, 4) is 11.4 Å². The first kappa shape index (κ1) is 18.5. The number of aromatic nitrogens is 3. The van der Waals surface area contributed by atoms with E-state index in [0.717, 1.165) is 27.2 Å². The van der Waals surface area contributed by atoms with Gasteiger partial charge >= 0.3 is 0 Å². The number of anilines is 1. The summed E-state index contributed by atoms with van der Waals surface area (Å²) in [5.41, 5.74) is 2.77. The fourth-order valence-corrected chi connectivity index (χ4v) is 3.35. The average Bonchev–Trinajstić information content (AvgIpc) is 3.12. The van der Waals surface area contributed by atoms with Gasteiger partial charge in [0.05, 0.1) is 12.9 Å². The summed E-state index contributed by atoms with van der Waals surface area (Å²) >= 11 is 4.79. The maximum absolute atomic E-state index is 12.2. The van der Waals surface area contributed by atoms with Crippen LogP contribution in [0.25, 0.3) is 5.69 Å². The highest BCUT2D eigenvalue weighted by atomic mass is 79.9. The topological polar surface area (TPSA) is 69.0 Å². The van der Waals surface area contributed by atoms with Gasteiger partial charge in [0, 0.05) is 15.8 Å². The number of benzene rings is 2. The summed E-state index contributed by atoms with van der Waals surface area (Å²) in [6.07, 6.45) is 1.62. The molecule has 6 nitrogen and oxygen atoms in total. The number of hydrogen-bond acceptors (Lipinski definition) is 5. The van der Waals surface area contributed by atoms with E-state index >= 15 is 0 Å². The van der Waals surface area contributed by atoms with E-state index in [1.165, 1.54) is 11.8 Å². The molecule has 0 unspecified atom stereocenters. The van der Waals surface area contributed by atoms with E-state index in [2.05, 4.69) is 31.4 Å². The van der Waals surface area contributed by atoms with Crippen LogP contribution in [0.2, 0.25) is 0 Å². The lowest BCUT2D eigenvalue weighted by atomic mass is 10.2. The Hall–Kier alpha value is -2.32. The fraction of sp³-hybridized carbons (Fsp3) is 0.167. The van der Waals surface area contributed by atoms with Crippen LogP contribution in [0.5, 0.6) is 5.75 Å². The molecule has 0 aliphatic heterocycles. The molecule has 0 aliphatic rings. The van der Waals surface area contributed by atoms with E-state index in [1.807, 2.05) is 54.0 Å². The molecule has 1 amide bonds.